The van der Waals surface area contributed by atoms with E-state index in [4.69, 9.17) is 9.15 Å². The van der Waals surface area contributed by atoms with Crippen molar-refractivity contribution in [2.75, 3.05) is 12.4 Å². The normalized spacial score (nSPS) is 11.1. The number of furan rings is 1. The second-order valence-electron chi connectivity index (χ2n) is 6.73. The summed E-state index contributed by atoms with van der Waals surface area (Å²) in [5.74, 6) is 0.786. The van der Waals surface area contributed by atoms with Crippen molar-refractivity contribution in [3.63, 3.8) is 0 Å². The molecule has 0 atom stereocenters. The van der Waals surface area contributed by atoms with Crippen molar-refractivity contribution in [2.45, 2.75) is 20.8 Å². The first kappa shape index (κ1) is 17.1. The summed E-state index contributed by atoms with van der Waals surface area (Å²) in [5.41, 5.74) is 5.29. The number of anilines is 1. The van der Waals surface area contributed by atoms with Gasteiger partial charge in [-0.1, -0.05) is 0 Å². The molecule has 0 unspecified atom stereocenters. The lowest BCUT2D eigenvalue weighted by Crippen LogP contribution is -2.12. The zero-order valence-corrected chi connectivity index (χ0v) is 15.7. The number of pyridine rings is 1. The van der Waals surface area contributed by atoms with Gasteiger partial charge in [-0.25, -0.2) is 0 Å². The minimum Gasteiger partial charge on any atom is -0.497 e. The van der Waals surface area contributed by atoms with Crippen molar-refractivity contribution in [3.8, 4) is 5.75 Å². The summed E-state index contributed by atoms with van der Waals surface area (Å²) in [7, 11) is 1.62. The lowest BCUT2D eigenvalue weighted by molar-refractivity contribution is 0.0998. The zero-order valence-electron chi connectivity index (χ0n) is 15.7. The van der Waals surface area contributed by atoms with Gasteiger partial charge in [0.15, 0.2) is 5.76 Å². The Balaban J connectivity index is 1.66. The number of hydrogen-bond acceptors (Lipinski definition) is 4. The van der Waals surface area contributed by atoms with E-state index in [-0.39, 0.29) is 5.91 Å². The van der Waals surface area contributed by atoms with Crippen LogP contribution < -0.4 is 10.1 Å². The van der Waals surface area contributed by atoms with Gasteiger partial charge in [0, 0.05) is 22.4 Å². The highest BCUT2D eigenvalue weighted by Gasteiger charge is 2.18. The Labute approximate surface area is 157 Å². The highest BCUT2D eigenvalue weighted by atomic mass is 16.5. The first-order valence-corrected chi connectivity index (χ1v) is 8.72. The van der Waals surface area contributed by atoms with Crippen LogP contribution in [0.5, 0.6) is 5.75 Å². The van der Waals surface area contributed by atoms with Crippen LogP contribution in [0, 0.1) is 20.8 Å². The van der Waals surface area contributed by atoms with Gasteiger partial charge in [-0.2, -0.15) is 0 Å². The quantitative estimate of drug-likeness (QED) is 0.547. The summed E-state index contributed by atoms with van der Waals surface area (Å²) < 4.78 is 11.0. The summed E-state index contributed by atoms with van der Waals surface area (Å²) >= 11 is 0. The molecule has 1 amide bonds. The van der Waals surface area contributed by atoms with Crippen LogP contribution in [-0.2, 0) is 0 Å². The van der Waals surface area contributed by atoms with Gasteiger partial charge in [0.1, 0.15) is 11.3 Å². The molecular formula is C22H20N2O3. The van der Waals surface area contributed by atoms with Gasteiger partial charge in [-0.3, -0.25) is 9.78 Å². The van der Waals surface area contributed by atoms with Crippen LogP contribution in [-0.4, -0.2) is 18.0 Å². The van der Waals surface area contributed by atoms with E-state index in [0.29, 0.717) is 11.4 Å². The van der Waals surface area contributed by atoms with E-state index in [1.54, 1.807) is 13.3 Å². The molecule has 0 saturated heterocycles. The number of hydrogen-bond donors (Lipinski definition) is 1. The molecule has 5 nitrogen and oxygen atoms in total. The summed E-state index contributed by atoms with van der Waals surface area (Å²) in [6.07, 6.45) is 1.63. The fourth-order valence-electron chi connectivity index (χ4n) is 3.18. The Hall–Kier alpha value is -3.34. The largest absolute Gasteiger partial charge is 0.497 e. The SMILES string of the molecule is COc1ccc2cc(NC(=O)c3oc4cc(C)c(C)cc4c3C)cnc2c1. The number of nitrogens with one attached hydrogen (secondary N) is 1. The standard InChI is InChI=1S/C22H20N2O3/c1-12-7-18-14(3)21(27-20(18)8-13(12)2)22(25)24-16-9-15-5-6-17(26-4)10-19(15)23-11-16/h5-11H,1-4H3,(H,24,25). The van der Waals surface area contributed by atoms with Crippen molar-refractivity contribution in [1.82, 2.24) is 4.98 Å². The van der Waals surface area contributed by atoms with Crippen LogP contribution in [0.1, 0.15) is 27.2 Å². The first-order valence-electron chi connectivity index (χ1n) is 8.72. The van der Waals surface area contributed by atoms with Crippen molar-refractivity contribution < 1.29 is 13.9 Å². The van der Waals surface area contributed by atoms with Crippen LogP contribution in [0.4, 0.5) is 5.69 Å². The molecule has 1 N–H and O–H groups in total. The third-order valence-electron chi connectivity index (χ3n) is 4.91. The van der Waals surface area contributed by atoms with Crippen molar-refractivity contribution in [2.24, 2.45) is 0 Å². The Kier molecular flexibility index (Phi) is 4.07. The third kappa shape index (κ3) is 3.01. The molecule has 0 aliphatic carbocycles. The fourth-order valence-corrected chi connectivity index (χ4v) is 3.18. The van der Waals surface area contributed by atoms with Crippen LogP contribution in [0.3, 0.4) is 0 Å². The van der Waals surface area contributed by atoms with E-state index in [9.17, 15) is 4.79 Å². The molecule has 2 heterocycles. The number of carbonyl (C=O) groups excluding carboxylic acids is 1. The maximum absolute atomic E-state index is 12.8. The molecule has 0 aliphatic heterocycles. The van der Waals surface area contributed by atoms with E-state index in [1.807, 2.05) is 44.2 Å². The predicted octanol–water partition coefficient (Wildman–Crippen LogP) is 5.17. The number of nitrogens with zero attached hydrogens (tertiary/aromatic N) is 1. The molecule has 0 spiro atoms. The molecule has 0 bridgehead atoms. The zero-order chi connectivity index (χ0) is 19.1. The van der Waals surface area contributed by atoms with Crippen LogP contribution in [0.2, 0.25) is 0 Å². The molecule has 27 heavy (non-hydrogen) atoms. The summed E-state index contributed by atoms with van der Waals surface area (Å²) in [6.45, 7) is 5.99. The summed E-state index contributed by atoms with van der Waals surface area (Å²) in [5, 5.41) is 4.77. The molecule has 0 fully saturated rings. The maximum atomic E-state index is 12.8. The van der Waals surface area contributed by atoms with Gasteiger partial charge in [0.2, 0.25) is 0 Å². The fraction of sp³-hybridized carbons (Fsp3) is 0.182. The number of rotatable bonds is 3. The number of ether oxygens (including phenoxy) is 1. The highest BCUT2D eigenvalue weighted by Crippen LogP contribution is 2.29. The van der Waals surface area contributed by atoms with E-state index in [0.717, 1.165) is 38.7 Å². The molecule has 4 aromatic rings. The molecule has 5 heteroatoms. The maximum Gasteiger partial charge on any atom is 0.291 e. The number of carbonyl (C=O) groups is 1. The second-order valence-corrected chi connectivity index (χ2v) is 6.73. The highest BCUT2D eigenvalue weighted by molar-refractivity contribution is 6.07. The van der Waals surface area contributed by atoms with E-state index in [1.165, 1.54) is 5.56 Å². The van der Waals surface area contributed by atoms with Gasteiger partial charge in [0.25, 0.3) is 5.91 Å². The molecule has 0 radical (unpaired) electrons. The van der Waals surface area contributed by atoms with Crippen molar-refractivity contribution in [1.29, 1.82) is 0 Å². The minimum absolute atomic E-state index is 0.284. The number of aryl methyl sites for hydroxylation is 3. The average Bonchev–Trinajstić information content (AvgIpc) is 2.97. The van der Waals surface area contributed by atoms with E-state index < -0.39 is 0 Å². The van der Waals surface area contributed by atoms with Gasteiger partial charge in [0.05, 0.1) is 24.5 Å². The number of fused-ring (bicyclic) bond motifs is 2. The Morgan fingerprint density at radius 3 is 2.63 bits per heavy atom. The molecule has 0 aliphatic rings. The summed E-state index contributed by atoms with van der Waals surface area (Å²) in [6, 6.07) is 11.5. The molecular weight excluding hydrogens is 340 g/mol. The van der Waals surface area contributed by atoms with E-state index in [2.05, 4.69) is 23.3 Å². The molecule has 4 rings (SSSR count). The minimum atomic E-state index is -0.284. The molecule has 136 valence electrons. The van der Waals surface area contributed by atoms with Crippen molar-refractivity contribution >= 4 is 33.5 Å². The Morgan fingerprint density at radius 1 is 1.07 bits per heavy atom. The number of aromatic nitrogens is 1. The van der Waals surface area contributed by atoms with Crippen molar-refractivity contribution in [3.05, 3.63) is 65.0 Å². The first-order chi connectivity index (χ1) is 13.0. The van der Waals surface area contributed by atoms with Crippen LogP contribution >= 0.6 is 0 Å². The monoisotopic (exact) mass is 360 g/mol. The second kappa shape index (κ2) is 6.43. The number of benzene rings is 2. The van der Waals surface area contributed by atoms with Gasteiger partial charge in [-0.05, 0) is 62.2 Å². The smallest absolute Gasteiger partial charge is 0.291 e. The van der Waals surface area contributed by atoms with Gasteiger partial charge < -0.3 is 14.5 Å². The van der Waals surface area contributed by atoms with Crippen LogP contribution in [0.15, 0.2) is 47.0 Å². The summed E-state index contributed by atoms with van der Waals surface area (Å²) in [4.78, 5) is 17.2. The molecule has 2 aromatic carbocycles. The van der Waals surface area contributed by atoms with Crippen LogP contribution in [0.25, 0.3) is 21.9 Å². The third-order valence-corrected chi connectivity index (χ3v) is 4.91. The topological polar surface area (TPSA) is 64.4 Å². The van der Waals surface area contributed by atoms with Gasteiger partial charge >= 0.3 is 0 Å². The Bertz CT molecular complexity index is 1190. The molecule has 0 saturated carbocycles. The lowest BCUT2D eigenvalue weighted by atomic mass is 10.0. The number of methoxy groups -OCH3 is 1. The Morgan fingerprint density at radius 2 is 1.85 bits per heavy atom. The van der Waals surface area contributed by atoms with Gasteiger partial charge in [-0.15, -0.1) is 0 Å². The predicted molar refractivity (Wildman–Crippen MR) is 107 cm³/mol. The number of amides is 1. The molecule has 2 aromatic heterocycles. The lowest BCUT2D eigenvalue weighted by Gasteiger charge is -2.06. The van der Waals surface area contributed by atoms with E-state index >= 15 is 0 Å². The average molecular weight is 360 g/mol.